The normalized spacial score (nSPS) is 24.9. The molecule has 3 aliphatic rings. The molecule has 50 heavy (non-hydrogen) atoms. The Balaban J connectivity index is 1.36. The number of nitrogens with two attached hydrogens (primary N) is 1. The summed E-state index contributed by atoms with van der Waals surface area (Å²) >= 11 is 0. The Kier molecular flexibility index (Phi) is 9.54. The summed E-state index contributed by atoms with van der Waals surface area (Å²) in [7, 11) is 1.52. The average Bonchev–Trinajstić information content (AvgIpc) is 3.08. The highest BCUT2D eigenvalue weighted by Crippen LogP contribution is 2.53. The average molecular weight is 685 g/mol. The minimum Gasteiger partial charge on any atom is -0.507 e. The van der Waals surface area contributed by atoms with E-state index >= 15 is 0 Å². The summed E-state index contributed by atoms with van der Waals surface area (Å²) in [6.45, 7) is 2.29. The van der Waals surface area contributed by atoms with Gasteiger partial charge in [0.15, 0.2) is 11.4 Å². The molecule has 0 radical (unpaired) electrons. The number of Topliss-reactive ketones (excluding diaryl/α,β-unsaturated/α-hetero) is 2. The van der Waals surface area contributed by atoms with E-state index < -0.39 is 58.7 Å². The Hall–Kier alpha value is -5.04. The number of phenols is 1. The van der Waals surface area contributed by atoms with Gasteiger partial charge in [0.1, 0.15) is 29.2 Å². The van der Waals surface area contributed by atoms with Crippen molar-refractivity contribution in [1.29, 1.82) is 0 Å². The largest absolute Gasteiger partial charge is 0.507 e. The minimum absolute atomic E-state index is 0.0188. The molecular weight excluding hydrogens is 644 g/mol. The van der Waals surface area contributed by atoms with Gasteiger partial charge in [0.25, 0.3) is 0 Å². The number of aromatic hydroxyl groups is 1. The molecule has 1 amide bonds. The number of aliphatic hydroxyl groups excluding tert-OH is 2. The van der Waals surface area contributed by atoms with Gasteiger partial charge in [-0.25, -0.2) is 0 Å². The number of carbonyl (C=O) groups is 4. The lowest BCUT2D eigenvalue weighted by molar-refractivity contribution is -0.174. The molecule has 0 aliphatic heterocycles. The van der Waals surface area contributed by atoms with Crippen LogP contribution in [0, 0.1) is 17.8 Å². The number of benzene rings is 3. The summed E-state index contributed by atoms with van der Waals surface area (Å²) in [5.41, 5.74) is 5.97. The molecule has 3 aliphatic carbocycles. The van der Waals surface area contributed by atoms with Gasteiger partial charge in [-0.1, -0.05) is 42.5 Å². The first kappa shape index (κ1) is 34.8. The molecule has 0 spiro atoms. The van der Waals surface area contributed by atoms with Gasteiger partial charge in [-0.3, -0.25) is 19.2 Å². The number of hydrogen-bond acceptors (Lipinski definition) is 11. The number of ketones is 2. The van der Waals surface area contributed by atoms with Gasteiger partial charge in [-0.05, 0) is 79.0 Å². The highest BCUT2D eigenvalue weighted by molar-refractivity contribution is 6.24. The van der Waals surface area contributed by atoms with Crippen LogP contribution in [-0.2, 0) is 43.3 Å². The van der Waals surface area contributed by atoms with E-state index in [0.29, 0.717) is 35.4 Å². The number of fused-ring (bicyclic) bond motifs is 3. The van der Waals surface area contributed by atoms with E-state index in [1.807, 2.05) is 42.5 Å². The third-order valence-corrected chi connectivity index (χ3v) is 10.2. The van der Waals surface area contributed by atoms with Crippen molar-refractivity contribution in [1.82, 2.24) is 5.32 Å². The Labute approximate surface area is 288 Å². The lowest BCUT2D eigenvalue weighted by Gasteiger charge is -2.48. The number of phenolic OH excluding ortho intramolecular Hbond substituents is 1. The lowest BCUT2D eigenvalue weighted by atomic mass is 9.56. The van der Waals surface area contributed by atoms with Crippen molar-refractivity contribution in [3.05, 3.63) is 88.5 Å². The standard InChI is InChI=1S/C38H40N2O10/c1-3-50-37(47)26(14-19-7-5-4-6-8-19)40-18-20-9-12-29(49-2)24(13-20)23-10-11-27(41)31-25(23)16-21-15-22-17-28(42)32(36(39)46)35(45)38(22,48)34(44)30(21)33(31)43/h4-13,21-22,26,28,32,40-43,48H,3,14-18H2,1-2H3,(H2,39,46)/t21-,22+,26?,28?,32?,38+/m1/s1. The number of methoxy groups -OCH3 is 1. The maximum absolute atomic E-state index is 13.9. The third kappa shape index (κ3) is 5.93. The van der Waals surface area contributed by atoms with E-state index in [9.17, 15) is 39.6 Å². The van der Waals surface area contributed by atoms with Crippen LogP contribution in [0.2, 0.25) is 0 Å². The van der Waals surface area contributed by atoms with Crippen LogP contribution >= 0.6 is 0 Å². The molecule has 6 rings (SSSR count). The molecule has 12 heteroatoms. The fraction of sp³-hybridized carbons (Fsp3) is 0.368. The second-order valence-electron chi connectivity index (χ2n) is 13.1. The fourth-order valence-electron chi connectivity index (χ4n) is 7.83. The van der Waals surface area contributed by atoms with Crippen LogP contribution in [0.3, 0.4) is 0 Å². The predicted octanol–water partition coefficient (Wildman–Crippen LogP) is 2.53. The van der Waals surface area contributed by atoms with Crippen LogP contribution in [0.5, 0.6) is 11.5 Å². The first-order chi connectivity index (χ1) is 23.9. The molecule has 0 bridgehead atoms. The molecule has 262 valence electrons. The zero-order valence-electron chi connectivity index (χ0n) is 27.7. The van der Waals surface area contributed by atoms with E-state index in [4.69, 9.17) is 15.2 Å². The molecule has 12 nitrogen and oxygen atoms in total. The molecule has 2 saturated carbocycles. The maximum atomic E-state index is 13.9. The van der Waals surface area contributed by atoms with Crippen LogP contribution in [0.4, 0.5) is 0 Å². The second-order valence-corrected chi connectivity index (χ2v) is 13.1. The van der Waals surface area contributed by atoms with E-state index in [2.05, 4.69) is 5.32 Å². The van der Waals surface area contributed by atoms with Gasteiger partial charge < -0.3 is 41.0 Å². The van der Waals surface area contributed by atoms with Crippen molar-refractivity contribution >= 4 is 29.2 Å². The molecule has 0 aromatic heterocycles. The van der Waals surface area contributed by atoms with Crippen molar-refractivity contribution in [3.8, 4) is 22.6 Å². The van der Waals surface area contributed by atoms with Gasteiger partial charge in [-0.2, -0.15) is 0 Å². The first-order valence-electron chi connectivity index (χ1n) is 16.6. The van der Waals surface area contributed by atoms with Gasteiger partial charge in [0.2, 0.25) is 11.7 Å². The number of amides is 1. The SMILES string of the molecule is CCOC(=O)C(Cc1ccccc1)NCc1ccc(OC)c(-c2ccc(O)c3c2C[C@H]2C[C@H]4CC(O)C(C(N)=O)C(=O)[C@@]4(O)C(=O)C2=C3O)c1. The van der Waals surface area contributed by atoms with E-state index in [0.717, 1.165) is 11.1 Å². The van der Waals surface area contributed by atoms with Gasteiger partial charge in [0, 0.05) is 23.6 Å². The van der Waals surface area contributed by atoms with Crippen molar-refractivity contribution in [2.24, 2.45) is 23.5 Å². The highest BCUT2D eigenvalue weighted by atomic mass is 16.5. The van der Waals surface area contributed by atoms with E-state index in [-0.39, 0.29) is 48.7 Å². The number of nitrogens with one attached hydrogen (secondary N) is 1. The number of ether oxygens (including phenoxy) is 2. The summed E-state index contributed by atoms with van der Waals surface area (Å²) in [5, 5.41) is 48.0. The summed E-state index contributed by atoms with van der Waals surface area (Å²) in [4.78, 5) is 52.1. The molecule has 3 unspecified atom stereocenters. The van der Waals surface area contributed by atoms with Crippen LogP contribution < -0.4 is 15.8 Å². The quantitative estimate of drug-likeness (QED) is 0.135. The Morgan fingerprint density at radius 1 is 1.02 bits per heavy atom. The lowest BCUT2D eigenvalue weighted by Crippen LogP contribution is -2.66. The Bertz CT molecular complexity index is 1890. The number of esters is 1. The maximum Gasteiger partial charge on any atom is 0.323 e. The number of aliphatic hydroxyl groups is 3. The summed E-state index contributed by atoms with van der Waals surface area (Å²) in [6.07, 6.45) is -1.07. The molecule has 0 heterocycles. The van der Waals surface area contributed by atoms with E-state index in [1.165, 1.54) is 13.2 Å². The van der Waals surface area contributed by atoms with Crippen LogP contribution in [0.25, 0.3) is 16.9 Å². The minimum atomic E-state index is -2.66. The van der Waals surface area contributed by atoms with Crippen LogP contribution in [0.1, 0.15) is 42.0 Å². The van der Waals surface area contributed by atoms with Gasteiger partial charge in [-0.15, -0.1) is 0 Å². The van der Waals surface area contributed by atoms with Crippen molar-refractivity contribution < 1.29 is 49.1 Å². The summed E-state index contributed by atoms with van der Waals surface area (Å²) in [6, 6.07) is 17.6. The van der Waals surface area contributed by atoms with Gasteiger partial charge >= 0.3 is 5.97 Å². The zero-order chi connectivity index (χ0) is 35.9. The topological polar surface area (TPSA) is 206 Å². The second kappa shape index (κ2) is 13.7. The molecule has 3 aromatic rings. The monoisotopic (exact) mass is 684 g/mol. The zero-order valence-corrected chi connectivity index (χ0v) is 27.7. The van der Waals surface area contributed by atoms with Crippen LogP contribution in [-0.4, -0.2) is 75.3 Å². The Morgan fingerprint density at radius 3 is 2.44 bits per heavy atom. The van der Waals surface area contributed by atoms with Crippen molar-refractivity contribution in [3.63, 3.8) is 0 Å². The fourth-order valence-corrected chi connectivity index (χ4v) is 7.83. The summed E-state index contributed by atoms with van der Waals surface area (Å²) < 4.78 is 11.0. The molecule has 3 aromatic carbocycles. The third-order valence-electron chi connectivity index (χ3n) is 10.2. The molecule has 7 N–H and O–H groups in total. The molecule has 2 fully saturated rings. The smallest absolute Gasteiger partial charge is 0.323 e. The van der Waals surface area contributed by atoms with Crippen LogP contribution in [0.15, 0.2) is 66.2 Å². The summed E-state index contributed by atoms with van der Waals surface area (Å²) in [5.74, 6) is -7.64. The first-order valence-corrected chi connectivity index (χ1v) is 16.6. The van der Waals surface area contributed by atoms with E-state index in [1.54, 1.807) is 19.1 Å². The number of carbonyl (C=O) groups excluding carboxylic acids is 4. The number of primary amides is 1. The number of hydrogen-bond donors (Lipinski definition) is 6. The molecule has 6 atom stereocenters. The van der Waals surface area contributed by atoms with Crippen molar-refractivity contribution in [2.45, 2.75) is 56.9 Å². The highest BCUT2D eigenvalue weighted by Gasteiger charge is 2.64. The van der Waals surface area contributed by atoms with Gasteiger partial charge in [0.05, 0.1) is 25.4 Å². The molecule has 0 saturated heterocycles. The molecular formula is C38H40N2O10. The number of rotatable bonds is 10. The Morgan fingerprint density at radius 2 is 1.76 bits per heavy atom. The van der Waals surface area contributed by atoms with Crippen molar-refractivity contribution in [2.75, 3.05) is 13.7 Å². The predicted molar refractivity (Wildman–Crippen MR) is 181 cm³/mol.